The van der Waals surface area contributed by atoms with Crippen molar-refractivity contribution >= 4 is 5.97 Å². The largest absolute Gasteiger partial charge is 0.457 e. The van der Waals surface area contributed by atoms with Crippen LogP contribution in [0.2, 0.25) is 0 Å². The summed E-state index contributed by atoms with van der Waals surface area (Å²) in [5.74, 6) is 1.30. The molecule has 6 nitrogen and oxygen atoms in total. The van der Waals surface area contributed by atoms with Crippen molar-refractivity contribution in [1.29, 1.82) is 0 Å². The predicted octanol–water partition coefficient (Wildman–Crippen LogP) is 4.31. The number of carbonyl (C=O) groups excluding carboxylic acids is 1. The Kier molecular flexibility index (Phi) is 9.34. The van der Waals surface area contributed by atoms with Gasteiger partial charge in [-0.15, -0.1) is 0 Å². The Labute approximate surface area is 198 Å². The van der Waals surface area contributed by atoms with Gasteiger partial charge < -0.3 is 24.4 Å². The van der Waals surface area contributed by atoms with Crippen LogP contribution in [0, 0.1) is 23.7 Å². The molecule has 0 spiro atoms. The molecule has 8 atom stereocenters. The van der Waals surface area contributed by atoms with Crippen molar-refractivity contribution in [2.75, 3.05) is 13.2 Å². The van der Waals surface area contributed by atoms with Crippen molar-refractivity contribution in [3.63, 3.8) is 0 Å². The van der Waals surface area contributed by atoms with Gasteiger partial charge >= 0.3 is 5.97 Å². The molecule has 2 aliphatic carbocycles. The second-order valence-corrected chi connectivity index (χ2v) is 10.4. The van der Waals surface area contributed by atoms with Gasteiger partial charge in [-0.1, -0.05) is 35.5 Å². The lowest BCUT2D eigenvalue weighted by Gasteiger charge is -2.45. The normalized spacial score (nSPS) is 35.3. The van der Waals surface area contributed by atoms with Crippen molar-refractivity contribution in [3.05, 3.63) is 35.5 Å². The van der Waals surface area contributed by atoms with Crippen molar-refractivity contribution < 1.29 is 29.2 Å². The van der Waals surface area contributed by atoms with E-state index in [-0.39, 0.29) is 6.61 Å². The highest BCUT2D eigenvalue weighted by atomic mass is 16.7. The molecule has 33 heavy (non-hydrogen) atoms. The van der Waals surface area contributed by atoms with E-state index in [9.17, 15) is 15.0 Å². The average molecular weight is 463 g/mol. The zero-order valence-electron chi connectivity index (χ0n) is 20.7. The Hall–Kier alpha value is -1.47. The van der Waals surface area contributed by atoms with Crippen LogP contribution in [-0.2, 0) is 19.0 Å². The molecule has 6 heteroatoms. The number of hydrogen-bond donors (Lipinski definition) is 2. The minimum Gasteiger partial charge on any atom is -0.457 e. The average Bonchev–Trinajstić information content (AvgIpc) is 2.75. The van der Waals surface area contributed by atoms with Crippen molar-refractivity contribution in [1.82, 2.24) is 0 Å². The molecule has 3 unspecified atom stereocenters. The summed E-state index contributed by atoms with van der Waals surface area (Å²) < 4.78 is 16.8. The molecule has 186 valence electrons. The zero-order chi connectivity index (χ0) is 24.1. The smallest absolute Gasteiger partial charge is 0.303 e. The highest BCUT2D eigenvalue weighted by Gasteiger charge is 2.43. The molecule has 0 radical (unpaired) electrons. The quantitative estimate of drug-likeness (QED) is 0.413. The van der Waals surface area contributed by atoms with Crippen LogP contribution in [0.15, 0.2) is 35.5 Å². The Balaban J connectivity index is 1.69. The third-order valence-electron chi connectivity index (χ3n) is 7.53. The number of fused-ring (bicyclic) bond motifs is 1. The third kappa shape index (κ3) is 6.78. The van der Waals surface area contributed by atoms with E-state index in [4.69, 9.17) is 14.2 Å². The van der Waals surface area contributed by atoms with Crippen molar-refractivity contribution in [2.24, 2.45) is 23.7 Å². The van der Waals surface area contributed by atoms with E-state index in [2.05, 4.69) is 39.5 Å². The molecular formula is C27H42O6. The van der Waals surface area contributed by atoms with Gasteiger partial charge in [-0.2, -0.15) is 0 Å². The first kappa shape index (κ1) is 26.1. The highest BCUT2D eigenvalue weighted by molar-refractivity contribution is 5.66. The van der Waals surface area contributed by atoms with E-state index in [1.54, 1.807) is 0 Å². The fraction of sp³-hybridized carbons (Fsp3) is 0.741. The molecule has 0 aromatic rings. The van der Waals surface area contributed by atoms with Gasteiger partial charge in [-0.3, -0.25) is 4.79 Å². The maximum absolute atomic E-state index is 11.2. The highest BCUT2D eigenvalue weighted by Crippen LogP contribution is 2.48. The SMILES string of the molecule is C=C1CC[C@@H](C(CCC=C(C)C)CO[C@H]2OC[C@H](OC(C)=O)C(O)C2O)[C@@H]2C=C(C)CC[C@H]12. The maximum atomic E-state index is 11.2. The second-order valence-electron chi connectivity index (χ2n) is 10.4. The van der Waals surface area contributed by atoms with Gasteiger partial charge in [0.1, 0.15) is 12.2 Å². The summed E-state index contributed by atoms with van der Waals surface area (Å²) in [6.07, 6.45) is 6.89. The molecule has 1 saturated carbocycles. The molecule has 1 aliphatic heterocycles. The Morgan fingerprint density at radius 3 is 2.70 bits per heavy atom. The molecule has 0 aromatic carbocycles. The van der Waals surface area contributed by atoms with Crippen LogP contribution in [0.25, 0.3) is 0 Å². The first-order valence-electron chi connectivity index (χ1n) is 12.4. The summed E-state index contributed by atoms with van der Waals surface area (Å²) in [6.45, 7) is 12.6. The topological polar surface area (TPSA) is 85.2 Å². The first-order chi connectivity index (χ1) is 15.7. The molecule has 1 saturated heterocycles. The number of allylic oxidation sites excluding steroid dienone is 5. The van der Waals surface area contributed by atoms with Gasteiger partial charge in [-0.25, -0.2) is 0 Å². The van der Waals surface area contributed by atoms with Crippen molar-refractivity contribution in [2.45, 2.75) is 90.8 Å². The zero-order valence-corrected chi connectivity index (χ0v) is 20.7. The standard InChI is InChI=1S/C27H42O6/c1-16(2)7-6-8-20(22-12-10-18(4)21-11-9-17(3)13-23(21)22)14-31-27-26(30)25(29)24(15-32-27)33-19(5)28/h7,13,20-27,29-30H,4,6,8-12,14-15H2,1-3,5H3/t20?,21-,22+,23-,24+,25?,26?,27+/m1/s1. The monoisotopic (exact) mass is 462 g/mol. The third-order valence-corrected chi connectivity index (χ3v) is 7.53. The number of aliphatic hydroxyl groups is 2. The summed E-state index contributed by atoms with van der Waals surface area (Å²) in [6, 6.07) is 0. The van der Waals surface area contributed by atoms with Crippen LogP contribution in [-0.4, -0.2) is 54.0 Å². The van der Waals surface area contributed by atoms with E-state index >= 15 is 0 Å². The number of hydrogen-bond acceptors (Lipinski definition) is 6. The molecule has 3 rings (SSSR count). The molecule has 2 N–H and O–H groups in total. The van der Waals surface area contributed by atoms with Crippen LogP contribution in [0.5, 0.6) is 0 Å². The van der Waals surface area contributed by atoms with Crippen LogP contribution in [0.3, 0.4) is 0 Å². The Bertz CT molecular complexity index is 752. The number of esters is 1. The van der Waals surface area contributed by atoms with Gasteiger partial charge in [0.05, 0.1) is 13.2 Å². The van der Waals surface area contributed by atoms with Crippen LogP contribution in [0.1, 0.15) is 66.2 Å². The minimum atomic E-state index is -1.27. The van der Waals surface area contributed by atoms with Crippen molar-refractivity contribution in [3.8, 4) is 0 Å². The molecule has 0 amide bonds. The van der Waals surface area contributed by atoms with Gasteiger partial charge in [0.25, 0.3) is 0 Å². The van der Waals surface area contributed by atoms with E-state index in [1.165, 1.54) is 30.1 Å². The fourth-order valence-electron chi connectivity index (χ4n) is 5.74. The Morgan fingerprint density at radius 2 is 2.00 bits per heavy atom. The van der Waals surface area contributed by atoms with Gasteiger partial charge in [0.2, 0.25) is 0 Å². The number of carbonyl (C=O) groups is 1. The van der Waals surface area contributed by atoms with E-state index < -0.39 is 30.6 Å². The van der Waals surface area contributed by atoms with E-state index in [0.717, 1.165) is 32.1 Å². The maximum Gasteiger partial charge on any atom is 0.303 e. The first-order valence-corrected chi connectivity index (χ1v) is 12.4. The van der Waals surface area contributed by atoms with Gasteiger partial charge in [0.15, 0.2) is 12.4 Å². The fourth-order valence-corrected chi connectivity index (χ4v) is 5.74. The molecule has 1 heterocycles. The second kappa shape index (κ2) is 11.8. The molecule has 0 bridgehead atoms. The number of ether oxygens (including phenoxy) is 3. The molecule has 0 aromatic heterocycles. The van der Waals surface area contributed by atoms with Crippen LogP contribution >= 0.6 is 0 Å². The van der Waals surface area contributed by atoms with E-state index in [1.807, 2.05) is 0 Å². The Morgan fingerprint density at radius 1 is 1.24 bits per heavy atom. The van der Waals surface area contributed by atoms with Gasteiger partial charge in [0, 0.05) is 6.92 Å². The lowest BCUT2D eigenvalue weighted by Crippen LogP contribution is -2.55. The molecule has 2 fully saturated rings. The lowest BCUT2D eigenvalue weighted by molar-refractivity contribution is -0.276. The van der Waals surface area contributed by atoms with Crippen LogP contribution in [0.4, 0.5) is 0 Å². The van der Waals surface area contributed by atoms with E-state index in [0.29, 0.717) is 30.3 Å². The number of aliphatic hydroxyl groups excluding tert-OH is 2. The predicted molar refractivity (Wildman–Crippen MR) is 127 cm³/mol. The summed E-state index contributed by atoms with van der Waals surface area (Å²) in [5, 5.41) is 20.9. The molecular weight excluding hydrogens is 420 g/mol. The van der Waals surface area contributed by atoms with Gasteiger partial charge in [-0.05, 0) is 83.0 Å². The minimum absolute atomic E-state index is 0.000785. The summed E-state index contributed by atoms with van der Waals surface area (Å²) in [7, 11) is 0. The lowest BCUT2D eigenvalue weighted by atomic mass is 9.61. The summed E-state index contributed by atoms with van der Waals surface area (Å²) in [4.78, 5) is 11.2. The number of rotatable bonds is 8. The molecule has 3 aliphatic rings. The summed E-state index contributed by atoms with van der Waals surface area (Å²) in [5.41, 5.74) is 4.16. The van der Waals surface area contributed by atoms with Crippen LogP contribution < -0.4 is 0 Å². The summed E-state index contributed by atoms with van der Waals surface area (Å²) >= 11 is 0.